The molecule has 0 spiro atoms. The summed E-state index contributed by atoms with van der Waals surface area (Å²) in [4.78, 5) is 37.5. The van der Waals surface area contributed by atoms with Crippen LogP contribution < -0.4 is 9.80 Å². The van der Waals surface area contributed by atoms with Gasteiger partial charge in [0.25, 0.3) is 0 Å². The number of alkyl halides is 4. The summed E-state index contributed by atoms with van der Waals surface area (Å²) in [5, 5.41) is 10.3. The van der Waals surface area contributed by atoms with Gasteiger partial charge in [-0.3, -0.25) is 19.3 Å². The Morgan fingerprint density at radius 1 is 0.677 bits per heavy atom. The van der Waals surface area contributed by atoms with E-state index in [0.29, 0.717) is 17.8 Å². The minimum Gasteiger partial charge on any atom is -0.372 e. The van der Waals surface area contributed by atoms with E-state index in [1.807, 2.05) is 36.4 Å². The number of benzene rings is 2. The smallest absolute Gasteiger partial charge is 0.249 e. The van der Waals surface area contributed by atoms with Crippen molar-refractivity contribution < 1.29 is 19.5 Å². The number of anilines is 2. The summed E-state index contributed by atoms with van der Waals surface area (Å²) < 4.78 is 0. The number of carbonyl (C=O) groups is 3. The van der Waals surface area contributed by atoms with Crippen molar-refractivity contribution in [3.05, 3.63) is 59.7 Å². The molecule has 2 fully saturated rings. The molecule has 10 heteroatoms. The van der Waals surface area contributed by atoms with Crippen molar-refractivity contribution in [2.24, 2.45) is 0 Å². The molecule has 0 bridgehead atoms. The van der Waals surface area contributed by atoms with Crippen LogP contribution in [0.1, 0.15) is 11.1 Å². The van der Waals surface area contributed by atoms with Gasteiger partial charge in [0, 0.05) is 5.69 Å². The summed E-state index contributed by atoms with van der Waals surface area (Å²) in [5.41, 5.74) is 3.20. The zero-order valence-electron chi connectivity index (χ0n) is 15.8. The van der Waals surface area contributed by atoms with Gasteiger partial charge in [-0.1, -0.05) is 88.0 Å². The first-order chi connectivity index (χ1) is 14.7. The van der Waals surface area contributed by atoms with Gasteiger partial charge in [0.05, 0.1) is 10.5 Å². The third kappa shape index (κ3) is 4.17. The van der Waals surface area contributed by atoms with E-state index >= 15 is 0 Å². The predicted octanol–water partition coefficient (Wildman–Crippen LogP) is 3.87. The SMILES string of the molecule is O=C1C(Br)C(Br)C(=O)N1c1ccc(Cc2ccc(N3C(=O)C(Br)C(Br)C3O)cc2)cc1. The fraction of sp³-hybridized carbons (Fsp3) is 0.286. The van der Waals surface area contributed by atoms with Crippen LogP contribution in [0, 0.1) is 0 Å². The van der Waals surface area contributed by atoms with E-state index in [2.05, 4.69) is 63.7 Å². The molecule has 31 heavy (non-hydrogen) atoms. The Labute approximate surface area is 212 Å². The summed E-state index contributed by atoms with van der Waals surface area (Å²) in [6, 6.07) is 14.7. The molecular weight excluding hydrogens is 664 g/mol. The van der Waals surface area contributed by atoms with Gasteiger partial charge >= 0.3 is 0 Å². The monoisotopic (exact) mass is 676 g/mol. The molecule has 2 heterocycles. The Bertz CT molecular complexity index is 1010. The molecule has 2 aromatic rings. The first-order valence-corrected chi connectivity index (χ1v) is 13.0. The summed E-state index contributed by atoms with van der Waals surface area (Å²) in [5.74, 6) is -0.768. The number of carbonyl (C=O) groups excluding carboxylic acids is 3. The van der Waals surface area contributed by atoms with Crippen molar-refractivity contribution in [3.63, 3.8) is 0 Å². The molecule has 4 rings (SSSR count). The van der Waals surface area contributed by atoms with Crippen molar-refractivity contribution in [2.75, 3.05) is 9.80 Å². The molecule has 6 nitrogen and oxygen atoms in total. The molecule has 162 valence electrons. The highest BCUT2D eigenvalue weighted by Gasteiger charge is 2.46. The Kier molecular flexibility index (Phi) is 6.75. The zero-order valence-corrected chi connectivity index (χ0v) is 22.1. The van der Waals surface area contributed by atoms with Crippen LogP contribution in [0.2, 0.25) is 0 Å². The van der Waals surface area contributed by atoms with Crippen molar-refractivity contribution in [2.45, 2.75) is 32.0 Å². The number of rotatable bonds is 4. The fourth-order valence-electron chi connectivity index (χ4n) is 3.61. The van der Waals surface area contributed by atoms with Crippen LogP contribution >= 0.6 is 63.7 Å². The van der Waals surface area contributed by atoms with E-state index < -0.39 is 20.7 Å². The molecule has 5 atom stereocenters. The number of amides is 3. The maximum absolute atomic E-state index is 12.4. The number of aliphatic hydroxyl groups excluding tert-OH is 1. The van der Waals surface area contributed by atoms with Gasteiger partial charge in [-0.05, 0) is 41.8 Å². The van der Waals surface area contributed by atoms with E-state index in [1.165, 1.54) is 9.80 Å². The van der Waals surface area contributed by atoms with Crippen LogP contribution in [-0.4, -0.2) is 48.4 Å². The molecule has 0 radical (unpaired) electrons. The Balaban J connectivity index is 1.46. The lowest BCUT2D eigenvalue weighted by Gasteiger charge is -2.21. The third-order valence-corrected chi connectivity index (χ3v) is 10.5. The standard InChI is InChI=1S/C21H16Br4N2O4/c22-14-15(23)19(29)26(18(14)28)12-5-1-10(2-6-12)9-11-3-7-13(8-4-11)27-20(30)16(24)17(25)21(27)31/h1-8,14-18,28H,9H2. The van der Waals surface area contributed by atoms with Crippen molar-refractivity contribution in [1.82, 2.24) is 0 Å². The fourth-order valence-corrected chi connectivity index (χ4v) is 5.42. The second-order valence-electron chi connectivity index (χ2n) is 7.29. The van der Waals surface area contributed by atoms with E-state index in [-0.39, 0.29) is 22.5 Å². The quantitative estimate of drug-likeness (QED) is 0.394. The number of hydrogen-bond acceptors (Lipinski definition) is 4. The summed E-state index contributed by atoms with van der Waals surface area (Å²) >= 11 is 13.1. The van der Waals surface area contributed by atoms with Crippen LogP contribution in [0.15, 0.2) is 48.5 Å². The average Bonchev–Trinajstić information content (AvgIpc) is 3.08. The lowest BCUT2D eigenvalue weighted by Crippen LogP contribution is -2.35. The number of hydrogen-bond donors (Lipinski definition) is 1. The van der Waals surface area contributed by atoms with Gasteiger partial charge < -0.3 is 5.11 Å². The predicted molar refractivity (Wildman–Crippen MR) is 133 cm³/mol. The molecule has 0 saturated carbocycles. The van der Waals surface area contributed by atoms with Gasteiger partial charge in [-0.2, -0.15) is 0 Å². The van der Waals surface area contributed by atoms with Gasteiger partial charge in [0.2, 0.25) is 17.7 Å². The minimum atomic E-state index is -0.940. The maximum Gasteiger partial charge on any atom is 0.249 e. The van der Waals surface area contributed by atoms with Crippen molar-refractivity contribution in [3.8, 4) is 0 Å². The minimum absolute atomic E-state index is 0.194. The molecule has 2 aromatic carbocycles. The Morgan fingerprint density at radius 2 is 1.13 bits per heavy atom. The molecule has 3 amide bonds. The second-order valence-corrected chi connectivity index (χ2v) is 11.3. The maximum atomic E-state index is 12.4. The van der Waals surface area contributed by atoms with E-state index in [0.717, 1.165) is 11.1 Å². The molecule has 5 unspecified atom stereocenters. The molecule has 1 N–H and O–H groups in total. The lowest BCUT2D eigenvalue weighted by molar-refractivity contribution is -0.121. The van der Waals surface area contributed by atoms with Crippen LogP contribution in [0.5, 0.6) is 0 Å². The highest BCUT2D eigenvalue weighted by Crippen LogP contribution is 2.34. The lowest BCUT2D eigenvalue weighted by atomic mass is 10.0. The average molecular weight is 680 g/mol. The summed E-state index contributed by atoms with van der Waals surface area (Å²) in [6.45, 7) is 0. The molecule has 0 aliphatic carbocycles. The second kappa shape index (κ2) is 9.05. The summed E-state index contributed by atoms with van der Waals surface area (Å²) in [6.07, 6.45) is -0.298. The zero-order chi connectivity index (χ0) is 22.4. The van der Waals surface area contributed by atoms with Crippen molar-refractivity contribution >= 4 is 92.8 Å². The van der Waals surface area contributed by atoms with Gasteiger partial charge in [0.1, 0.15) is 20.7 Å². The van der Waals surface area contributed by atoms with E-state index in [1.54, 1.807) is 12.1 Å². The normalized spacial score (nSPS) is 28.7. The molecule has 2 saturated heterocycles. The van der Waals surface area contributed by atoms with Crippen LogP contribution in [0.3, 0.4) is 0 Å². The number of aliphatic hydroxyl groups is 1. The highest BCUT2D eigenvalue weighted by molar-refractivity contribution is 9.13. The number of nitrogens with zero attached hydrogens (tertiary/aromatic N) is 2. The van der Waals surface area contributed by atoms with Crippen LogP contribution in [-0.2, 0) is 20.8 Å². The van der Waals surface area contributed by atoms with Gasteiger partial charge in [-0.25, -0.2) is 4.90 Å². The third-order valence-electron chi connectivity index (χ3n) is 5.29. The van der Waals surface area contributed by atoms with Crippen LogP contribution in [0.25, 0.3) is 0 Å². The Hall–Kier alpha value is -1.07. The largest absolute Gasteiger partial charge is 0.372 e. The molecular formula is C21H16Br4N2O4. The van der Waals surface area contributed by atoms with Crippen molar-refractivity contribution in [1.29, 1.82) is 0 Å². The van der Waals surface area contributed by atoms with Gasteiger partial charge in [-0.15, -0.1) is 0 Å². The highest BCUT2D eigenvalue weighted by atomic mass is 79.9. The Morgan fingerprint density at radius 3 is 1.55 bits per heavy atom. The molecule has 2 aliphatic heterocycles. The first kappa shape index (κ1) is 23.1. The van der Waals surface area contributed by atoms with E-state index in [4.69, 9.17) is 0 Å². The molecule has 2 aliphatic rings. The topological polar surface area (TPSA) is 77.9 Å². The number of imide groups is 1. The van der Waals surface area contributed by atoms with E-state index in [9.17, 15) is 19.5 Å². The number of halogens is 4. The van der Waals surface area contributed by atoms with Crippen LogP contribution in [0.4, 0.5) is 11.4 Å². The summed E-state index contributed by atoms with van der Waals surface area (Å²) in [7, 11) is 0. The molecule has 0 aromatic heterocycles. The first-order valence-electron chi connectivity index (χ1n) is 9.34. The van der Waals surface area contributed by atoms with Gasteiger partial charge in [0.15, 0.2) is 0 Å².